The maximum atomic E-state index is 11.3. The van der Waals surface area contributed by atoms with E-state index in [4.69, 9.17) is 5.73 Å². The van der Waals surface area contributed by atoms with E-state index in [0.29, 0.717) is 5.56 Å². The molecule has 0 unspecified atom stereocenters. The monoisotopic (exact) mass is 284 g/mol. The normalized spacial score (nSPS) is 10.2. The molecular weight excluding hydrogens is 264 g/mol. The van der Waals surface area contributed by atoms with Gasteiger partial charge in [0.05, 0.1) is 11.3 Å². The van der Waals surface area contributed by atoms with Crippen molar-refractivity contribution in [1.82, 2.24) is 4.98 Å². The van der Waals surface area contributed by atoms with Gasteiger partial charge in [-0.1, -0.05) is 12.1 Å². The molecule has 2 rings (SSSR count). The Labute approximate surface area is 124 Å². The number of carbonyl (C=O) groups excluding carboxylic acids is 1. The van der Waals surface area contributed by atoms with Crippen LogP contribution in [0.1, 0.15) is 15.9 Å². The van der Waals surface area contributed by atoms with Crippen LogP contribution in [0, 0.1) is 0 Å². The molecule has 0 aliphatic heterocycles. The lowest BCUT2D eigenvalue weighted by molar-refractivity contribution is 0.100. The second kappa shape index (κ2) is 6.74. The molecule has 5 nitrogen and oxygen atoms in total. The van der Waals surface area contributed by atoms with E-state index in [2.05, 4.69) is 39.5 Å². The lowest BCUT2D eigenvalue weighted by Crippen LogP contribution is -2.15. The summed E-state index contributed by atoms with van der Waals surface area (Å²) in [5.74, 6) is -0.471. The Balaban J connectivity index is 1.94. The number of nitrogens with one attached hydrogen (secondary N) is 1. The Morgan fingerprint density at radius 3 is 2.57 bits per heavy atom. The zero-order valence-corrected chi connectivity index (χ0v) is 12.3. The third kappa shape index (κ3) is 3.95. The van der Waals surface area contributed by atoms with Gasteiger partial charge in [-0.3, -0.25) is 9.78 Å². The fourth-order valence-electron chi connectivity index (χ4n) is 2.05. The second-order valence-electron chi connectivity index (χ2n) is 5.02. The Bertz CT molecular complexity index is 608. The van der Waals surface area contributed by atoms with E-state index in [1.54, 1.807) is 12.3 Å². The first-order valence-electron chi connectivity index (χ1n) is 6.82. The number of nitrogens with two attached hydrogens (primary N) is 1. The molecule has 1 aromatic carbocycles. The van der Waals surface area contributed by atoms with E-state index >= 15 is 0 Å². The first-order valence-corrected chi connectivity index (χ1v) is 6.82. The standard InChI is InChI=1S/C16H20N4O/c1-20(2)13-5-3-12(4-6-13)7-10-19-15-8-9-18-11-14(15)16(17)21/h3-6,8-9,11H,7,10H2,1-2H3,(H2,17,21)(H,18,19). The second-order valence-corrected chi connectivity index (χ2v) is 5.02. The van der Waals surface area contributed by atoms with Crippen LogP contribution in [-0.2, 0) is 6.42 Å². The van der Waals surface area contributed by atoms with E-state index < -0.39 is 5.91 Å². The van der Waals surface area contributed by atoms with Crippen molar-refractivity contribution in [2.24, 2.45) is 5.73 Å². The molecule has 0 spiro atoms. The smallest absolute Gasteiger partial charge is 0.252 e. The number of pyridine rings is 1. The Hall–Kier alpha value is -2.56. The summed E-state index contributed by atoms with van der Waals surface area (Å²) in [5, 5.41) is 3.23. The van der Waals surface area contributed by atoms with Crippen LogP contribution in [0.3, 0.4) is 0 Å². The molecule has 5 heteroatoms. The highest BCUT2D eigenvalue weighted by Crippen LogP contribution is 2.15. The molecule has 1 aromatic heterocycles. The van der Waals surface area contributed by atoms with Crippen LogP contribution in [0.15, 0.2) is 42.7 Å². The first-order chi connectivity index (χ1) is 10.1. The van der Waals surface area contributed by atoms with Gasteiger partial charge in [0.15, 0.2) is 0 Å². The average Bonchev–Trinajstić information content (AvgIpc) is 2.48. The van der Waals surface area contributed by atoms with E-state index in [0.717, 1.165) is 18.7 Å². The maximum Gasteiger partial charge on any atom is 0.252 e. The highest BCUT2D eigenvalue weighted by atomic mass is 16.1. The van der Waals surface area contributed by atoms with Crippen molar-refractivity contribution < 1.29 is 4.79 Å². The fourth-order valence-corrected chi connectivity index (χ4v) is 2.05. The van der Waals surface area contributed by atoms with Crippen LogP contribution in [0.5, 0.6) is 0 Å². The molecule has 1 heterocycles. The van der Waals surface area contributed by atoms with E-state index in [9.17, 15) is 4.79 Å². The summed E-state index contributed by atoms with van der Waals surface area (Å²) in [6, 6.07) is 10.2. The molecule has 110 valence electrons. The Kier molecular flexibility index (Phi) is 4.77. The molecule has 0 fully saturated rings. The van der Waals surface area contributed by atoms with E-state index in [-0.39, 0.29) is 0 Å². The zero-order valence-electron chi connectivity index (χ0n) is 12.3. The highest BCUT2D eigenvalue weighted by molar-refractivity contribution is 5.98. The number of nitrogens with zero attached hydrogens (tertiary/aromatic N) is 2. The van der Waals surface area contributed by atoms with Gasteiger partial charge in [0, 0.05) is 38.7 Å². The van der Waals surface area contributed by atoms with Crippen LogP contribution in [0.2, 0.25) is 0 Å². The average molecular weight is 284 g/mol. The summed E-state index contributed by atoms with van der Waals surface area (Å²) < 4.78 is 0. The molecule has 0 atom stereocenters. The van der Waals surface area contributed by atoms with Crippen molar-refractivity contribution in [3.05, 3.63) is 53.9 Å². The zero-order chi connectivity index (χ0) is 15.2. The number of amides is 1. The minimum Gasteiger partial charge on any atom is -0.384 e. The summed E-state index contributed by atoms with van der Waals surface area (Å²) in [4.78, 5) is 17.3. The van der Waals surface area contributed by atoms with Gasteiger partial charge in [0.1, 0.15) is 0 Å². The van der Waals surface area contributed by atoms with Crippen molar-refractivity contribution >= 4 is 17.3 Å². The number of anilines is 2. The van der Waals surface area contributed by atoms with Gasteiger partial charge in [0.2, 0.25) is 0 Å². The van der Waals surface area contributed by atoms with Crippen LogP contribution in [0.4, 0.5) is 11.4 Å². The number of benzene rings is 1. The van der Waals surface area contributed by atoms with Crippen LogP contribution >= 0.6 is 0 Å². The van der Waals surface area contributed by atoms with Crippen molar-refractivity contribution in [3.63, 3.8) is 0 Å². The van der Waals surface area contributed by atoms with Crippen molar-refractivity contribution in [3.8, 4) is 0 Å². The largest absolute Gasteiger partial charge is 0.384 e. The predicted molar refractivity (Wildman–Crippen MR) is 85.7 cm³/mol. The molecule has 0 radical (unpaired) electrons. The SMILES string of the molecule is CN(C)c1ccc(CCNc2ccncc2C(N)=O)cc1. The van der Waals surface area contributed by atoms with Crippen LogP contribution in [0.25, 0.3) is 0 Å². The van der Waals surface area contributed by atoms with Gasteiger partial charge in [-0.25, -0.2) is 0 Å². The van der Waals surface area contributed by atoms with Gasteiger partial charge in [0.25, 0.3) is 5.91 Å². The minimum absolute atomic E-state index is 0.417. The molecule has 1 amide bonds. The molecule has 21 heavy (non-hydrogen) atoms. The maximum absolute atomic E-state index is 11.3. The van der Waals surface area contributed by atoms with E-state index in [1.165, 1.54) is 17.4 Å². The molecular formula is C16H20N4O. The third-order valence-electron chi connectivity index (χ3n) is 3.27. The van der Waals surface area contributed by atoms with Crippen molar-refractivity contribution in [2.75, 3.05) is 30.9 Å². The van der Waals surface area contributed by atoms with Crippen molar-refractivity contribution in [1.29, 1.82) is 0 Å². The summed E-state index contributed by atoms with van der Waals surface area (Å²) in [6.07, 6.45) is 3.99. The van der Waals surface area contributed by atoms with E-state index in [1.807, 2.05) is 14.1 Å². The van der Waals surface area contributed by atoms with Crippen LogP contribution < -0.4 is 16.0 Å². The van der Waals surface area contributed by atoms with Gasteiger partial charge in [-0.05, 0) is 30.2 Å². The fraction of sp³-hybridized carbons (Fsp3) is 0.250. The molecule has 0 saturated carbocycles. The van der Waals surface area contributed by atoms with Crippen molar-refractivity contribution in [2.45, 2.75) is 6.42 Å². The molecule has 0 saturated heterocycles. The summed E-state index contributed by atoms with van der Waals surface area (Å²) in [6.45, 7) is 0.728. The van der Waals surface area contributed by atoms with Gasteiger partial charge < -0.3 is 16.0 Å². The number of hydrogen-bond acceptors (Lipinski definition) is 4. The number of rotatable bonds is 6. The Morgan fingerprint density at radius 2 is 1.95 bits per heavy atom. The van der Waals surface area contributed by atoms with Gasteiger partial charge in [-0.2, -0.15) is 0 Å². The lowest BCUT2D eigenvalue weighted by Gasteiger charge is -2.13. The minimum atomic E-state index is -0.471. The topological polar surface area (TPSA) is 71.2 Å². The molecule has 0 aliphatic carbocycles. The Morgan fingerprint density at radius 1 is 1.24 bits per heavy atom. The molecule has 0 bridgehead atoms. The predicted octanol–water partition coefficient (Wildman–Crippen LogP) is 1.90. The van der Waals surface area contributed by atoms with Crippen LogP contribution in [-0.4, -0.2) is 31.5 Å². The summed E-state index contributed by atoms with van der Waals surface area (Å²) in [5.41, 5.74) is 8.88. The molecule has 2 aromatic rings. The first kappa shape index (κ1) is 14.8. The number of primary amides is 1. The number of hydrogen-bond donors (Lipinski definition) is 2. The summed E-state index contributed by atoms with van der Waals surface area (Å²) >= 11 is 0. The number of aromatic nitrogens is 1. The third-order valence-corrected chi connectivity index (χ3v) is 3.27. The van der Waals surface area contributed by atoms with Gasteiger partial charge >= 0.3 is 0 Å². The molecule has 3 N–H and O–H groups in total. The lowest BCUT2D eigenvalue weighted by atomic mass is 10.1. The highest BCUT2D eigenvalue weighted by Gasteiger charge is 2.07. The number of carbonyl (C=O) groups is 1. The van der Waals surface area contributed by atoms with Gasteiger partial charge in [-0.15, -0.1) is 0 Å². The quantitative estimate of drug-likeness (QED) is 0.850. The molecule has 0 aliphatic rings. The summed E-state index contributed by atoms with van der Waals surface area (Å²) in [7, 11) is 4.04.